The van der Waals surface area contributed by atoms with Crippen LogP contribution in [0.1, 0.15) is 11.1 Å². The van der Waals surface area contributed by atoms with E-state index in [9.17, 15) is 0 Å². The van der Waals surface area contributed by atoms with Crippen LogP contribution in [0.5, 0.6) is 5.75 Å². The monoisotopic (exact) mass is 284 g/mol. The highest BCUT2D eigenvalue weighted by Crippen LogP contribution is 2.29. The molecule has 2 rings (SSSR count). The van der Waals surface area contributed by atoms with Crippen molar-refractivity contribution in [3.05, 3.63) is 46.7 Å². The molecule has 2 aromatic rings. The Morgan fingerprint density at radius 3 is 2.89 bits per heavy atom. The van der Waals surface area contributed by atoms with Gasteiger partial charge in [0.1, 0.15) is 5.75 Å². The van der Waals surface area contributed by atoms with Crippen LogP contribution in [0.4, 0.5) is 0 Å². The van der Waals surface area contributed by atoms with Crippen LogP contribution in [0.2, 0.25) is 5.02 Å². The number of para-hydroxylation sites is 1. The number of nitrogens with zero attached hydrogens (tertiary/aromatic N) is 2. The molecule has 0 saturated heterocycles. The van der Waals surface area contributed by atoms with Gasteiger partial charge in [0.2, 0.25) is 0 Å². The molecule has 0 bridgehead atoms. The third-order valence-corrected chi connectivity index (χ3v) is 3.17. The fraction of sp³-hybridized carbons (Fsp3) is 0.308. The van der Waals surface area contributed by atoms with Crippen LogP contribution >= 0.6 is 23.2 Å². The molecule has 0 saturated carbocycles. The molecule has 1 aromatic heterocycles. The molecule has 5 heteroatoms. The third kappa shape index (κ3) is 3.18. The molecule has 0 amide bonds. The Labute approximate surface area is 116 Å². The minimum absolute atomic E-state index is 0.392. The van der Waals surface area contributed by atoms with E-state index in [0.717, 1.165) is 17.5 Å². The number of hydrogen-bond acceptors (Lipinski definition) is 2. The van der Waals surface area contributed by atoms with Crippen LogP contribution in [0.25, 0.3) is 0 Å². The zero-order chi connectivity index (χ0) is 13.0. The Morgan fingerprint density at radius 1 is 1.39 bits per heavy atom. The Bertz CT molecular complexity index is 525. The summed E-state index contributed by atoms with van der Waals surface area (Å²) in [6.45, 7) is 0.555. The summed E-state index contributed by atoms with van der Waals surface area (Å²) in [5.74, 6) is 1.07. The maximum atomic E-state index is 6.09. The van der Waals surface area contributed by atoms with E-state index in [2.05, 4.69) is 5.10 Å². The van der Waals surface area contributed by atoms with Gasteiger partial charge in [0.15, 0.2) is 0 Å². The largest absolute Gasteiger partial charge is 0.491 e. The molecule has 18 heavy (non-hydrogen) atoms. The average Bonchev–Trinajstić information content (AvgIpc) is 2.77. The molecule has 3 nitrogen and oxygen atoms in total. The zero-order valence-corrected chi connectivity index (χ0v) is 11.6. The smallest absolute Gasteiger partial charge is 0.142 e. The van der Waals surface area contributed by atoms with E-state index in [1.165, 1.54) is 0 Å². The lowest BCUT2D eigenvalue weighted by molar-refractivity contribution is 0.319. The predicted molar refractivity (Wildman–Crippen MR) is 73.4 cm³/mol. The molecule has 96 valence electrons. The summed E-state index contributed by atoms with van der Waals surface area (Å²) in [5, 5.41) is 4.70. The van der Waals surface area contributed by atoms with Gasteiger partial charge in [-0.15, -0.1) is 11.6 Å². The topological polar surface area (TPSA) is 27.1 Å². The molecule has 1 aromatic carbocycles. The van der Waals surface area contributed by atoms with Gasteiger partial charge in [-0.25, -0.2) is 0 Å². The molecule has 0 aliphatic rings. The Balaban J connectivity index is 1.98. The minimum atomic E-state index is 0.392. The fourth-order valence-corrected chi connectivity index (χ4v) is 2.15. The van der Waals surface area contributed by atoms with Gasteiger partial charge in [-0.3, -0.25) is 4.68 Å². The Hall–Kier alpha value is -1.19. The number of hydrogen-bond donors (Lipinski definition) is 0. The first kappa shape index (κ1) is 13.2. The minimum Gasteiger partial charge on any atom is -0.491 e. The Kier molecular flexibility index (Phi) is 4.50. The second kappa shape index (κ2) is 6.12. The van der Waals surface area contributed by atoms with Crippen LogP contribution in [-0.2, 0) is 19.3 Å². The molecule has 0 atom stereocenters. The highest BCUT2D eigenvalue weighted by molar-refractivity contribution is 6.32. The number of aromatic nitrogens is 2. The highest BCUT2D eigenvalue weighted by Gasteiger charge is 2.07. The number of halogens is 2. The number of ether oxygens (including phenoxy) is 1. The molecule has 0 spiro atoms. The molecule has 0 unspecified atom stereocenters. The van der Waals surface area contributed by atoms with Crippen molar-refractivity contribution >= 4 is 23.2 Å². The lowest BCUT2D eigenvalue weighted by Gasteiger charge is -2.11. The van der Waals surface area contributed by atoms with Crippen molar-refractivity contribution in [2.24, 2.45) is 7.05 Å². The van der Waals surface area contributed by atoms with Crippen LogP contribution in [0.15, 0.2) is 30.6 Å². The van der Waals surface area contributed by atoms with E-state index in [-0.39, 0.29) is 0 Å². The van der Waals surface area contributed by atoms with E-state index in [1.807, 2.05) is 31.6 Å². The summed E-state index contributed by atoms with van der Waals surface area (Å²) < 4.78 is 7.49. The standard InChI is InChI=1S/C13H14Cl2N2O/c1-17-9-10(8-16-17)5-6-18-13-11(7-14)3-2-4-12(13)15/h2-4,8-9H,5-7H2,1H3. The summed E-state index contributed by atoms with van der Waals surface area (Å²) in [7, 11) is 1.89. The van der Waals surface area contributed by atoms with Gasteiger partial charge in [0.25, 0.3) is 0 Å². The highest BCUT2D eigenvalue weighted by atomic mass is 35.5. The molecular formula is C13H14Cl2N2O. The summed E-state index contributed by atoms with van der Waals surface area (Å²) in [5.41, 5.74) is 2.05. The fourth-order valence-electron chi connectivity index (χ4n) is 1.69. The van der Waals surface area contributed by atoms with Gasteiger partial charge in [0.05, 0.1) is 23.7 Å². The number of rotatable bonds is 5. The van der Waals surface area contributed by atoms with Gasteiger partial charge >= 0.3 is 0 Å². The molecule has 0 radical (unpaired) electrons. The summed E-state index contributed by atoms with van der Waals surface area (Å²) >= 11 is 11.9. The van der Waals surface area contributed by atoms with E-state index < -0.39 is 0 Å². The summed E-state index contributed by atoms with van der Waals surface area (Å²) in [6.07, 6.45) is 4.59. The lowest BCUT2D eigenvalue weighted by atomic mass is 10.2. The number of benzene rings is 1. The SMILES string of the molecule is Cn1cc(CCOc2c(Cl)cccc2CCl)cn1. The maximum absolute atomic E-state index is 6.09. The summed E-state index contributed by atoms with van der Waals surface area (Å²) in [4.78, 5) is 0. The maximum Gasteiger partial charge on any atom is 0.142 e. The van der Waals surface area contributed by atoms with Crippen LogP contribution in [0, 0.1) is 0 Å². The first-order valence-corrected chi connectivity index (χ1v) is 6.55. The van der Waals surface area contributed by atoms with Crippen LogP contribution in [0.3, 0.4) is 0 Å². The predicted octanol–water partition coefficient (Wildman–Crippen LogP) is 3.43. The van der Waals surface area contributed by atoms with Crippen LogP contribution < -0.4 is 4.74 Å². The van der Waals surface area contributed by atoms with Crippen molar-refractivity contribution in [1.82, 2.24) is 9.78 Å². The van der Waals surface area contributed by atoms with Gasteiger partial charge in [-0.2, -0.15) is 5.10 Å². The first-order valence-electron chi connectivity index (χ1n) is 5.64. The van der Waals surface area contributed by atoms with Crippen molar-refractivity contribution < 1.29 is 4.74 Å². The van der Waals surface area contributed by atoms with Gasteiger partial charge in [-0.05, 0) is 11.6 Å². The van der Waals surface area contributed by atoms with E-state index in [1.54, 1.807) is 10.7 Å². The van der Waals surface area contributed by atoms with Gasteiger partial charge < -0.3 is 4.74 Å². The van der Waals surface area contributed by atoms with Crippen LogP contribution in [-0.4, -0.2) is 16.4 Å². The van der Waals surface area contributed by atoms with E-state index in [0.29, 0.717) is 23.3 Å². The molecule has 0 fully saturated rings. The van der Waals surface area contributed by atoms with E-state index >= 15 is 0 Å². The Morgan fingerprint density at radius 2 is 2.22 bits per heavy atom. The molecule has 0 aliphatic heterocycles. The second-order valence-corrected chi connectivity index (χ2v) is 4.66. The van der Waals surface area contributed by atoms with Gasteiger partial charge in [0, 0.05) is 25.2 Å². The first-order chi connectivity index (χ1) is 8.70. The van der Waals surface area contributed by atoms with E-state index in [4.69, 9.17) is 27.9 Å². The molecular weight excluding hydrogens is 271 g/mol. The van der Waals surface area contributed by atoms with Gasteiger partial charge in [-0.1, -0.05) is 23.7 Å². The quantitative estimate of drug-likeness (QED) is 0.787. The molecule has 1 heterocycles. The number of aryl methyl sites for hydroxylation is 1. The molecule has 0 aliphatic carbocycles. The van der Waals surface area contributed by atoms with Crippen molar-refractivity contribution in [3.8, 4) is 5.75 Å². The molecule has 0 N–H and O–H groups in total. The van der Waals surface area contributed by atoms with Crippen molar-refractivity contribution in [2.45, 2.75) is 12.3 Å². The second-order valence-electron chi connectivity index (χ2n) is 3.98. The normalized spacial score (nSPS) is 10.6. The lowest BCUT2D eigenvalue weighted by Crippen LogP contribution is -2.03. The third-order valence-electron chi connectivity index (χ3n) is 2.59. The summed E-state index contributed by atoms with van der Waals surface area (Å²) in [6, 6.07) is 5.59. The number of alkyl halides is 1. The van der Waals surface area contributed by atoms with Crippen molar-refractivity contribution in [3.63, 3.8) is 0 Å². The average molecular weight is 285 g/mol. The van der Waals surface area contributed by atoms with Crippen molar-refractivity contribution in [1.29, 1.82) is 0 Å². The van der Waals surface area contributed by atoms with Crippen molar-refractivity contribution in [2.75, 3.05) is 6.61 Å². The zero-order valence-electron chi connectivity index (χ0n) is 10.1.